The zero-order valence-electron chi connectivity index (χ0n) is 14.7. The van der Waals surface area contributed by atoms with Gasteiger partial charge in [0, 0.05) is 29.5 Å². The maximum absolute atomic E-state index is 11.4. The average molecular weight is 427 g/mol. The molecule has 1 aliphatic rings. The number of fused-ring (bicyclic) bond motifs is 1. The fraction of sp³-hybridized carbons (Fsp3) is 0.211. The molecule has 2 aromatic heterocycles. The van der Waals surface area contributed by atoms with E-state index < -0.39 is 0 Å². The molecule has 4 rings (SSSR count). The molecule has 1 aromatic carbocycles. The number of hydrogen-bond donors (Lipinski definition) is 3. The lowest BCUT2D eigenvalue weighted by Gasteiger charge is -2.15. The first kappa shape index (κ1) is 17.5. The lowest BCUT2D eigenvalue weighted by Crippen LogP contribution is -2.24. The van der Waals surface area contributed by atoms with Gasteiger partial charge in [-0.3, -0.25) is 4.79 Å². The topological polar surface area (TPSA) is 97.9 Å². The summed E-state index contributed by atoms with van der Waals surface area (Å²) in [5.41, 5.74) is 10.0. The maximum atomic E-state index is 11.4. The van der Waals surface area contributed by atoms with Crippen LogP contribution in [-0.4, -0.2) is 20.7 Å². The predicted molar refractivity (Wildman–Crippen MR) is 108 cm³/mol. The van der Waals surface area contributed by atoms with Crippen molar-refractivity contribution in [2.45, 2.75) is 25.8 Å². The van der Waals surface area contributed by atoms with Crippen molar-refractivity contribution >= 4 is 39.0 Å². The number of pyridine rings is 1. The van der Waals surface area contributed by atoms with E-state index in [1.165, 1.54) is 11.1 Å². The number of rotatable bonds is 4. The maximum Gasteiger partial charge on any atom is 0.217 e. The summed E-state index contributed by atoms with van der Waals surface area (Å²) in [6.45, 7) is 1.55. The molecule has 1 atom stereocenters. The van der Waals surface area contributed by atoms with E-state index in [1.54, 1.807) is 17.8 Å². The van der Waals surface area contributed by atoms with E-state index in [9.17, 15) is 4.79 Å². The quantitative estimate of drug-likeness (QED) is 0.592. The number of nitrogens with zero attached hydrogens (tertiary/aromatic N) is 3. The highest BCUT2D eigenvalue weighted by Crippen LogP contribution is 2.35. The Hall–Kier alpha value is -2.87. The number of benzene rings is 1. The predicted octanol–water partition coefficient (Wildman–Crippen LogP) is 3.48. The van der Waals surface area contributed by atoms with Crippen molar-refractivity contribution in [3.05, 3.63) is 58.3 Å². The van der Waals surface area contributed by atoms with E-state index in [2.05, 4.69) is 42.7 Å². The van der Waals surface area contributed by atoms with Gasteiger partial charge < -0.3 is 16.4 Å². The summed E-state index contributed by atoms with van der Waals surface area (Å²) >= 11 is 3.49. The Labute approximate surface area is 165 Å². The summed E-state index contributed by atoms with van der Waals surface area (Å²) < 4.78 is 2.42. The largest absolute Gasteiger partial charge is 0.395 e. The van der Waals surface area contributed by atoms with Gasteiger partial charge in [-0.1, -0.05) is 6.07 Å². The molecule has 0 unspecified atom stereocenters. The second-order valence-electron chi connectivity index (χ2n) is 6.51. The van der Waals surface area contributed by atoms with Gasteiger partial charge in [0.25, 0.3) is 0 Å². The van der Waals surface area contributed by atoms with E-state index in [0.29, 0.717) is 17.3 Å². The van der Waals surface area contributed by atoms with Crippen LogP contribution in [0.1, 0.15) is 30.5 Å². The van der Waals surface area contributed by atoms with Gasteiger partial charge in [-0.15, -0.1) is 0 Å². The molecule has 0 aliphatic heterocycles. The molecule has 0 spiro atoms. The highest BCUT2D eigenvalue weighted by molar-refractivity contribution is 9.10. The SMILES string of the molecule is CC(=O)N[C@H]1CCc2cc(Nc3nc(-n4cccn4)cc(Br)c3N)ccc21. The molecule has 2 heterocycles. The highest BCUT2D eigenvalue weighted by atomic mass is 79.9. The Morgan fingerprint density at radius 2 is 2.22 bits per heavy atom. The van der Waals surface area contributed by atoms with Crippen molar-refractivity contribution < 1.29 is 4.79 Å². The molecule has 3 aromatic rings. The van der Waals surface area contributed by atoms with Gasteiger partial charge in [0.15, 0.2) is 11.6 Å². The summed E-state index contributed by atoms with van der Waals surface area (Å²) in [6, 6.07) is 9.88. The van der Waals surface area contributed by atoms with E-state index in [-0.39, 0.29) is 11.9 Å². The number of halogens is 1. The molecular formula is C19H19BrN6O. The van der Waals surface area contributed by atoms with Crippen molar-refractivity contribution in [2.24, 2.45) is 0 Å². The molecule has 8 heteroatoms. The van der Waals surface area contributed by atoms with Gasteiger partial charge in [0.05, 0.1) is 11.7 Å². The molecule has 0 saturated carbocycles. The zero-order chi connectivity index (χ0) is 19.0. The first-order valence-electron chi connectivity index (χ1n) is 8.64. The minimum absolute atomic E-state index is 0.00712. The molecule has 138 valence electrons. The second kappa shape index (κ2) is 7.03. The number of hydrogen-bond acceptors (Lipinski definition) is 5. The van der Waals surface area contributed by atoms with Crippen LogP contribution in [0.15, 0.2) is 47.2 Å². The standard InChI is InChI=1S/C19H19BrN6O/c1-11(27)23-16-6-3-12-9-13(4-5-14(12)16)24-19-18(21)15(20)10-17(25-19)26-8-2-7-22-26/h2,4-5,7-10,16H,3,6,21H2,1H3,(H,23,27)(H,24,25)/t16-/m0/s1. The molecule has 4 N–H and O–H groups in total. The first-order chi connectivity index (χ1) is 13.0. The van der Waals surface area contributed by atoms with Gasteiger partial charge in [0.2, 0.25) is 5.91 Å². The van der Waals surface area contributed by atoms with Crippen LogP contribution in [0.3, 0.4) is 0 Å². The number of nitrogens with two attached hydrogens (primary N) is 1. The third-order valence-electron chi connectivity index (χ3n) is 4.59. The van der Waals surface area contributed by atoms with Crippen LogP contribution in [0.5, 0.6) is 0 Å². The third kappa shape index (κ3) is 3.52. The minimum Gasteiger partial charge on any atom is -0.395 e. The van der Waals surface area contributed by atoms with Crippen molar-refractivity contribution in [1.29, 1.82) is 0 Å². The number of amides is 1. The van der Waals surface area contributed by atoms with Gasteiger partial charge in [-0.25, -0.2) is 9.67 Å². The van der Waals surface area contributed by atoms with Crippen LogP contribution in [-0.2, 0) is 11.2 Å². The Morgan fingerprint density at radius 3 is 2.96 bits per heavy atom. The summed E-state index contributed by atoms with van der Waals surface area (Å²) in [5.74, 6) is 1.22. The van der Waals surface area contributed by atoms with Gasteiger partial charge in [-0.2, -0.15) is 5.10 Å². The number of carbonyl (C=O) groups excluding carboxylic acids is 1. The first-order valence-corrected chi connectivity index (χ1v) is 9.43. The van der Waals surface area contributed by atoms with Crippen molar-refractivity contribution in [2.75, 3.05) is 11.1 Å². The number of nitrogen functional groups attached to an aromatic ring is 1. The molecule has 1 amide bonds. The smallest absolute Gasteiger partial charge is 0.217 e. The minimum atomic E-state index is -0.00712. The number of anilines is 3. The molecule has 0 bridgehead atoms. The van der Waals surface area contributed by atoms with Crippen LogP contribution in [0, 0.1) is 0 Å². The number of nitrogens with one attached hydrogen (secondary N) is 2. The fourth-order valence-corrected chi connectivity index (χ4v) is 3.75. The van der Waals surface area contributed by atoms with E-state index in [1.807, 2.05) is 30.5 Å². The molecule has 0 saturated heterocycles. The number of carbonyl (C=O) groups is 1. The molecule has 0 fully saturated rings. The summed E-state index contributed by atoms with van der Waals surface area (Å²) in [7, 11) is 0. The van der Waals surface area contributed by atoms with Gasteiger partial charge in [-0.05, 0) is 64.2 Å². The third-order valence-corrected chi connectivity index (χ3v) is 5.25. The van der Waals surface area contributed by atoms with Gasteiger partial charge >= 0.3 is 0 Å². The Kier molecular flexibility index (Phi) is 4.57. The summed E-state index contributed by atoms with van der Waals surface area (Å²) in [6.07, 6.45) is 5.37. The molecule has 1 aliphatic carbocycles. The fourth-order valence-electron chi connectivity index (χ4n) is 3.36. The summed E-state index contributed by atoms with van der Waals surface area (Å²) in [5, 5.41) is 10.5. The van der Waals surface area contributed by atoms with Crippen LogP contribution in [0.4, 0.5) is 17.2 Å². The van der Waals surface area contributed by atoms with E-state index in [4.69, 9.17) is 5.73 Å². The van der Waals surface area contributed by atoms with Crippen molar-refractivity contribution in [1.82, 2.24) is 20.1 Å². The number of aryl methyl sites for hydroxylation is 1. The normalized spacial score (nSPS) is 15.4. The Morgan fingerprint density at radius 1 is 1.37 bits per heavy atom. The lowest BCUT2D eigenvalue weighted by molar-refractivity contribution is -0.119. The van der Waals surface area contributed by atoms with E-state index in [0.717, 1.165) is 23.0 Å². The Balaban J connectivity index is 1.62. The highest BCUT2D eigenvalue weighted by Gasteiger charge is 2.23. The van der Waals surface area contributed by atoms with Crippen molar-refractivity contribution in [3.8, 4) is 5.82 Å². The molecular weight excluding hydrogens is 408 g/mol. The zero-order valence-corrected chi connectivity index (χ0v) is 16.3. The summed E-state index contributed by atoms with van der Waals surface area (Å²) in [4.78, 5) is 16.0. The molecule has 27 heavy (non-hydrogen) atoms. The van der Waals surface area contributed by atoms with Gasteiger partial charge in [0.1, 0.15) is 0 Å². The van der Waals surface area contributed by atoms with Crippen LogP contribution in [0.2, 0.25) is 0 Å². The lowest BCUT2D eigenvalue weighted by atomic mass is 10.1. The monoisotopic (exact) mass is 426 g/mol. The van der Waals surface area contributed by atoms with E-state index >= 15 is 0 Å². The average Bonchev–Trinajstić information content (AvgIpc) is 3.29. The van der Waals surface area contributed by atoms with Crippen molar-refractivity contribution in [3.63, 3.8) is 0 Å². The molecule has 0 radical (unpaired) electrons. The number of aromatic nitrogens is 3. The second-order valence-corrected chi connectivity index (χ2v) is 7.36. The van der Waals surface area contributed by atoms with Crippen LogP contribution in [0.25, 0.3) is 5.82 Å². The van der Waals surface area contributed by atoms with Crippen LogP contribution < -0.4 is 16.4 Å². The Bertz CT molecular complexity index is 1000. The van der Waals surface area contributed by atoms with Crippen LogP contribution >= 0.6 is 15.9 Å². The molecule has 7 nitrogen and oxygen atoms in total.